The molecule has 0 amide bonds. The molecule has 3 fully saturated rings. The van der Waals surface area contributed by atoms with Crippen molar-refractivity contribution in [2.75, 3.05) is 4.90 Å². The van der Waals surface area contributed by atoms with Crippen molar-refractivity contribution in [3.63, 3.8) is 0 Å². The molecule has 0 bridgehead atoms. The van der Waals surface area contributed by atoms with Gasteiger partial charge in [-0.15, -0.1) is 0 Å². The van der Waals surface area contributed by atoms with E-state index in [0.717, 1.165) is 5.92 Å². The SMILES string of the molecule is CCC1CCC2CCC2C12c1ccccc1-c1ccc(N(c3ccc4c(c3)C3(CCCC3)c3ccccc3-4)c3ccc(-c4ccccc4)cc3-c3ccccc3)cc12. The second-order valence-corrected chi connectivity index (χ2v) is 18.1. The van der Waals surface area contributed by atoms with Gasteiger partial charge in [-0.3, -0.25) is 0 Å². The molecule has 5 aliphatic rings. The van der Waals surface area contributed by atoms with Gasteiger partial charge < -0.3 is 4.90 Å². The average Bonchev–Trinajstić information content (AvgIpc) is 3.95. The Labute approximate surface area is 344 Å². The largest absolute Gasteiger partial charge is 0.310 e. The second-order valence-electron chi connectivity index (χ2n) is 18.1. The second kappa shape index (κ2) is 13.2. The summed E-state index contributed by atoms with van der Waals surface area (Å²) in [5.74, 6) is 2.19. The average molecular weight is 750 g/mol. The van der Waals surface area contributed by atoms with E-state index in [-0.39, 0.29) is 10.8 Å². The topological polar surface area (TPSA) is 3.24 Å². The minimum atomic E-state index is 0.0659. The summed E-state index contributed by atoms with van der Waals surface area (Å²) in [6.07, 6.45) is 11.7. The van der Waals surface area contributed by atoms with Gasteiger partial charge in [-0.05, 0) is 154 Å². The fourth-order valence-corrected chi connectivity index (χ4v) is 13.2. The van der Waals surface area contributed by atoms with Gasteiger partial charge >= 0.3 is 0 Å². The maximum absolute atomic E-state index is 2.67. The molecule has 12 rings (SSSR count). The number of rotatable bonds is 6. The Kier molecular flexibility index (Phi) is 7.82. The van der Waals surface area contributed by atoms with Gasteiger partial charge in [0.2, 0.25) is 0 Å². The van der Waals surface area contributed by atoms with E-state index in [1.54, 1.807) is 16.7 Å². The first-order valence-corrected chi connectivity index (χ1v) is 22.2. The molecular formula is C57H51N. The van der Waals surface area contributed by atoms with Gasteiger partial charge in [0.15, 0.2) is 0 Å². The normalized spacial score (nSPS) is 22.8. The fourth-order valence-electron chi connectivity index (χ4n) is 13.2. The highest BCUT2D eigenvalue weighted by atomic mass is 15.1. The van der Waals surface area contributed by atoms with Gasteiger partial charge in [0.05, 0.1) is 5.69 Å². The lowest BCUT2D eigenvalue weighted by molar-refractivity contribution is 0.00464. The summed E-state index contributed by atoms with van der Waals surface area (Å²) in [5.41, 5.74) is 20.9. The minimum Gasteiger partial charge on any atom is -0.310 e. The predicted molar refractivity (Wildman–Crippen MR) is 242 cm³/mol. The molecule has 0 aromatic heterocycles. The van der Waals surface area contributed by atoms with Crippen molar-refractivity contribution < 1.29 is 0 Å². The Morgan fingerprint density at radius 3 is 1.74 bits per heavy atom. The van der Waals surface area contributed by atoms with E-state index in [9.17, 15) is 0 Å². The fraction of sp³-hybridized carbons (Fsp3) is 0.263. The Hall–Kier alpha value is -5.66. The molecule has 4 atom stereocenters. The Balaban J connectivity index is 1.12. The molecule has 0 saturated heterocycles. The third kappa shape index (κ3) is 4.77. The van der Waals surface area contributed by atoms with Gasteiger partial charge in [-0.25, -0.2) is 0 Å². The van der Waals surface area contributed by atoms with Crippen molar-refractivity contribution in [2.24, 2.45) is 17.8 Å². The molecule has 4 unspecified atom stereocenters. The van der Waals surface area contributed by atoms with Crippen LogP contribution in [-0.4, -0.2) is 0 Å². The number of nitrogens with zero attached hydrogens (tertiary/aromatic N) is 1. The molecule has 0 radical (unpaired) electrons. The van der Waals surface area contributed by atoms with Crippen LogP contribution in [0.3, 0.4) is 0 Å². The van der Waals surface area contributed by atoms with E-state index < -0.39 is 0 Å². The van der Waals surface area contributed by atoms with Crippen LogP contribution in [-0.2, 0) is 10.8 Å². The van der Waals surface area contributed by atoms with Crippen LogP contribution in [0.1, 0.15) is 87.0 Å². The molecule has 1 nitrogen and oxygen atoms in total. The zero-order valence-corrected chi connectivity index (χ0v) is 33.6. The summed E-state index contributed by atoms with van der Waals surface area (Å²) in [7, 11) is 0. The molecule has 1 heteroatoms. The first-order chi connectivity index (χ1) is 28.7. The Bertz CT molecular complexity index is 2700. The van der Waals surface area contributed by atoms with E-state index in [1.807, 2.05) is 0 Å². The third-order valence-corrected chi connectivity index (χ3v) is 15.8. The van der Waals surface area contributed by atoms with Crippen molar-refractivity contribution in [3.05, 3.63) is 186 Å². The number of hydrogen-bond donors (Lipinski definition) is 0. The maximum Gasteiger partial charge on any atom is 0.0540 e. The predicted octanol–water partition coefficient (Wildman–Crippen LogP) is 15.4. The van der Waals surface area contributed by atoms with Crippen molar-refractivity contribution in [1.82, 2.24) is 0 Å². The molecule has 0 aliphatic heterocycles. The quantitative estimate of drug-likeness (QED) is 0.164. The first-order valence-electron chi connectivity index (χ1n) is 22.2. The number of hydrogen-bond acceptors (Lipinski definition) is 1. The van der Waals surface area contributed by atoms with E-state index >= 15 is 0 Å². The molecule has 58 heavy (non-hydrogen) atoms. The van der Waals surface area contributed by atoms with Crippen LogP contribution in [0.4, 0.5) is 17.1 Å². The molecule has 284 valence electrons. The maximum atomic E-state index is 2.67. The zero-order chi connectivity index (χ0) is 38.4. The van der Waals surface area contributed by atoms with Gasteiger partial charge in [0.1, 0.15) is 0 Å². The van der Waals surface area contributed by atoms with Gasteiger partial charge in [-0.1, -0.05) is 154 Å². The Morgan fingerprint density at radius 2 is 1.05 bits per heavy atom. The molecular weight excluding hydrogens is 699 g/mol. The minimum absolute atomic E-state index is 0.0659. The van der Waals surface area contributed by atoms with E-state index in [1.165, 1.54) is 125 Å². The van der Waals surface area contributed by atoms with E-state index in [0.29, 0.717) is 11.8 Å². The van der Waals surface area contributed by atoms with E-state index in [4.69, 9.17) is 0 Å². The highest BCUT2D eigenvalue weighted by molar-refractivity contribution is 5.94. The van der Waals surface area contributed by atoms with Crippen LogP contribution in [0.5, 0.6) is 0 Å². The van der Waals surface area contributed by atoms with Gasteiger partial charge in [0.25, 0.3) is 0 Å². The van der Waals surface area contributed by atoms with Crippen LogP contribution in [0.25, 0.3) is 44.5 Å². The van der Waals surface area contributed by atoms with Crippen molar-refractivity contribution in [2.45, 2.75) is 75.5 Å². The van der Waals surface area contributed by atoms with Crippen LogP contribution >= 0.6 is 0 Å². The summed E-state index contributed by atoms with van der Waals surface area (Å²) in [6.45, 7) is 2.46. The molecule has 7 aromatic carbocycles. The van der Waals surface area contributed by atoms with Gasteiger partial charge in [0, 0.05) is 27.8 Å². The lowest BCUT2D eigenvalue weighted by Gasteiger charge is -2.58. The summed E-state index contributed by atoms with van der Waals surface area (Å²) < 4.78 is 0. The Morgan fingerprint density at radius 1 is 0.466 bits per heavy atom. The smallest absolute Gasteiger partial charge is 0.0540 e. The monoisotopic (exact) mass is 749 g/mol. The highest BCUT2D eigenvalue weighted by Gasteiger charge is 2.59. The van der Waals surface area contributed by atoms with Crippen molar-refractivity contribution >= 4 is 17.1 Å². The first kappa shape index (κ1) is 34.4. The third-order valence-electron chi connectivity index (χ3n) is 15.8. The van der Waals surface area contributed by atoms with Crippen LogP contribution < -0.4 is 4.90 Å². The zero-order valence-electron chi connectivity index (χ0n) is 33.6. The summed E-state index contributed by atoms with van der Waals surface area (Å²) in [5, 5.41) is 0. The molecule has 2 spiro atoms. The number of fused-ring (bicyclic) bond motifs is 12. The summed E-state index contributed by atoms with van der Waals surface area (Å²) in [4.78, 5) is 2.64. The van der Waals surface area contributed by atoms with Crippen molar-refractivity contribution in [3.8, 4) is 44.5 Å². The molecule has 0 N–H and O–H groups in total. The standard InChI is InChI=1S/C57H51N/c1-2-42-26-23-40-24-31-50(40)57(42)52-22-12-10-20-46(52)48-30-28-44(37-54(48)57)58(43-27-29-47-45-19-9-11-21-51(45)56(53(47)36-43)33-13-14-34-56)55-32-25-41(38-15-5-3-6-16-38)35-49(55)39-17-7-4-8-18-39/h3-12,15-22,25,27-30,32,35-37,40,42,50H,2,13-14,23-24,26,31,33-34H2,1H3. The lowest BCUT2D eigenvalue weighted by atomic mass is 9.46. The molecule has 0 heterocycles. The molecule has 7 aromatic rings. The molecule has 5 aliphatic carbocycles. The van der Waals surface area contributed by atoms with Crippen LogP contribution in [0.15, 0.2) is 164 Å². The van der Waals surface area contributed by atoms with Gasteiger partial charge in [-0.2, -0.15) is 0 Å². The van der Waals surface area contributed by atoms with Crippen molar-refractivity contribution in [1.29, 1.82) is 0 Å². The van der Waals surface area contributed by atoms with Crippen LogP contribution in [0, 0.1) is 17.8 Å². The summed E-state index contributed by atoms with van der Waals surface area (Å²) >= 11 is 0. The number of benzene rings is 7. The van der Waals surface area contributed by atoms with Crippen LogP contribution in [0.2, 0.25) is 0 Å². The lowest BCUT2D eigenvalue weighted by Crippen LogP contribution is -2.52. The summed E-state index contributed by atoms with van der Waals surface area (Å²) in [6, 6.07) is 63.1. The molecule has 3 saturated carbocycles. The highest BCUT2D eigenvalue weighted by Crippen LogP contribution is 2.67. The number of anilines is 3. The van der Waals surface area contributed by atoms with E-state index in [2.05, 4.69) is 176 Å².